The first-order valence-corrected chi connectivity index (χ1v) is 11.8. The van der Waals surface area contributed by atoms with Gasteiger partial charge in [-0.2, -0.15) is 5.10 Å². The molecule has 0 saturated heterocycles. The van der Waals surface area contributed by atoms with Crippen LogP contribution in [-0.4, -0.2) is 32.4 Å². The Morgan fingerprint density at radius 3 is 2.69 bits per heavy atom. The molecular formula is C20H21ClN4O2S2. The summed E-state index contributed by atoms with van der Waals surface area (Å²) in [7, 11) is -1.45. The molecule has 0 bridgehead atoms. The van der Waals surface area contributed by atoms with Crippen LogP contribution >= 0.6 is 22.9 Å². The SMILES string of the molecule is CCS(=O)(=O)NCc1ccccc1/C=N/N(C)c1nc(-c2ccccc2Cl)cs1. The molecule has 3 aromatic rings. The molecule has 1 N–H and O–H groups in total. The van der Waals surface area contributed by atoms with Crippen molar-refractivity contribution in [3.63, 3.8) is 0 Å². The van der Waals surface area contributed by atoms with E-state index >= 15 is 0 Å². The Morgan fingerprint density at radius 1 is 1.21 bits per heavy atom. The van der Waals surface area contributed by atoms with E-state index in [1.54, 1.807) is 18.1 Å². The first-order chi connectivity index (χ1) is 13.9. The van der Waals surface area contributed by atoms with Crippen LogP contribution in [0.25, 0.3) is 11.3 Å². The fourth-order valence-electron chi connectivity index (χ4n) is 2.51. The van der Waals surface area contributed by atoms with Crippen LogP contribution in [0, 0.1) is 0 Å². The zero-order valence-electron chi connectivity index (χ0n) is 16.0. The number of anilines is 1. The van der Waals surface area contributed by atoms with Gasteiger partial charge in [0.15, 0.2) is 0 Å². The highest BCUT2D eigenvalue weighted by molar-refractivity contribution is 7.89. The number of halogens is 1. The Balaban J connectivity index is 1.75. The first-order valence-electron chi connectivity index (χ1n) is 8.93. The van der Waals surface area contributed by atoms with E-state index in [2.05, 4.69) is 14.8 Å². The third kappa shape index (κ3) is 5.63. The summed E-state index contributed by atoms with van der Waals surface area (Å²) in [6, 6.07) is 15.1. The number of sulfonamides is 1. The van der Waals surface area contributed by atoms with E-state index in [0.29, 0.717) is 5.02 Å². The first kappa shape index (κ1) is 21.4. The van der Waals surface area contributed by atoms with Gasteiger partial charge < -0.3 is 0 Å². The van der Waals surface area contributed by atoms with Crippen molar-refractivity contribution in [3.8, 4) is 11.3 Å². The molecule has 9 heteroatoms. The van der Waals surface area contributed by atoms with Crippen LogP contribution in [-0.2, 0) is 16.6 Å². The van der Waals surface area contributed by atoms with E-state index in [-0.39, 0.29) is 12.3 Å². The average Bonchev–Trinajstić information content (AvgIpc) is 3.21. The van der Waals surface area contributed by atoms with Crippen molar-refractivity contribution in [1.29, 1.82) is 0 Å². The minimum absolute atomic E-state index is 0.0454. The molecule has 0 aliphatic rings. The van der Waals surface area contributed by atoms with Gasteiger partial charge in [0.25, 0.3) is 0 Å². The lowest BCUT2D eigenvalue weighted by Gasteiger charge is -2.10. The maximum absolute atomic E-state index is 11.7. The van der Waals surface area contributed by atoms with E-state index in [0.717, 1.165) is 27.5 Å². The molecule has 0 atom stereocenters. The molecule has 0 spiro atoms. The molecule has 0 saturated carbocycles. The quantitative estimate of drug-likeness (QED) is 0.410. The summed E-state index contributed by atoms with van der Waals surface area (Å²) in [5, 5.41) is 9.46. The third-order valence-corrected chi connectivity index (χ3v) is 6.79. The molecule has 6 nitrogen and oxygen atoms in total. The van der Waals surface area contributed by atoms with Crippen LogP contribution in [0.2, 0.25) is 5.02 Å². The standard InChI is InChI=1S/C20H21ClN4O2S2/c1-3-29(26,27)23-13-16-9-5-4-8-15(16)12-22-25(2)20-24-19(14-28-20)17-10-6-7-11-18(17)21/h4-12,14,23H,3,13H2,1-2H3/b22-12+. The fraction of sp³-hybridized carbons (Fsp3) is 0.200. The Labute approximate surface area is 179 Å². The number of hydrazone groups is 1. The van der Waals surface area contributed by atoms with Crippen molar-refractivity contribution in [2.75, 3.05) is 17.8 Å². The zero-order valence-corrected chi connectivity index (χ0v) is 18.4. The van der Waals surface area contributed by atoms with E-state index < -0.39 is 10.0 Å². The largest absolute Gasteiger partial charge is 0.242 e. The van der Waals surface area contributed by atoms with Crippen LogP contribution < -0.4 is 9.73 Å². The summed E-state index contributed by atoms with van der Waals surface area (Å²) in [5.74, 6) is 0.0454. The molecule has 0 aliphatic carbocycles. The van der Waals surface area contributed by atoms with Gasteiger partial charge in [0.05, 0.1) is 17.7 Å². The number of nitrogens with one attached hydrogen (secondary N) is 1. The van der Waals surface area contributed by atoms with Crippen molar-refractivity contribution in [2.45, 2.75) is 13.5 Å². The number of thiazole rings is 1. The monoisotopic (exact) mass is 448 g/mol. The van der Waals surface area contributed by atoms with Gasteiger partial charge in [0, 0.05) is 29.6 Å². The van der Waals surface area contributed by atoms with E-state index in [1.807, 2.05) is 61.0 Å². The van der Waals surface area contributed by atoms with Crippen LogP contribution in [0.5, 0.6) is 0 Å². The van der Waals surface area contributed by atoms with Gasteiger partial charge in [0.2, 0.25) is 15.2 Å². The number of nitrogens with zero attached hydrogens (tertiary/aromatic N) is 3. The van der Waals surface area contributed by atoms with E-state index in [1.165, 1.54) is 11.3 Å². The Hall–Kier alpha value is -2.26. The molecule has 0 aliphatic heterocycles. The summed E-state index contributed by atoms with van der Waals surface area (Å²) < 4.78 is 26.0. The van der Waals surface area contributed by atoms with E-state index in [4.69, 9.17) is 11.6 Å². The molecular weight excluding hydrogens is 428 g/mol. The number of aromatic nitrogens is 1. The second-order valence-corrected chi connectivity index (χ2v) is 9.53. The summed E-state index contributed by atoms with van der Waals surface area (Å²) >= 11 is 7.72. The lowest BCUT2D eigenvalue weighted by atomic mass is 10.1. The zero-order chi connectivity index (χ0) is 20.9. The molecule has 3 rings (SSSR count). The van der Waals surface area contributed by atoms with Gasteiger partial charge in [-0.15, -0.1) is 11.3 Å². The Morgan fingerprint density at radius 2 is 1.93 bits per heavy atom. The van der Waals surface area contributed by atoms with Crippen LogP contribution in [0.3, 0.4) is 0 Å². The summed E-state index contributed by atoms with van der Waals surface area (Å²) in [6.45, 7) is 1.82. The smallest absolute Gasteiger partial charge is 0.211 e. The van der Waals surface area contributed by atoms with Crippen molar-refractivity contribution in [2.24, 2.45) is 5.10 Å². The highest BCUT2D eigenvalue weighted by Crippen LogP contribution is 2.31. The molecule has 0 amide bonds. The van der Waals surface area contributed by atoms with Gasteiger partial charge in [-0.3, -0.25) is 0 Å². The van der Waals surface area contributed by atoms with Gasteiger partial charge in [-0.1, -0.05) is 54.1 Å². The van der Waals surface area contributed by atoms with Crippen molar-refractivity contribution in [1.82, 2.24) is 9.71 Å². The number of hydrogen-bond acceptors (Lipinski definition) is 6. The second kappa shape index (κ2) is 9.49. The predicted molar refractivity (Wildman–Crippen MR) is 121 cm³/mol. The molecule has 1 aromatic heterocycles. The molecule has 0 radical (unpaired) electrons. The van der Waals surface area contributed by atoms with Gasteiger partial charge >= 0.3 is 0 Å². The van der Waals surface area contributed by atoms with Crippen LogP contribution in [0.4, 0.5) is 5.13 Å². The molecule has 29 heavy (non-hydrogen) atoms. The molecule has 1 heterocycles. The highest BCUT2D eigenvalue weighted by atomic mass is 35.5. The number of rotatable bonds is 8. The fourth-order valence-corrected chi connectivity index (χ4v) is 4.07. The van der Waals surface area contributed by atoms with Crippen LogP contribution in [0.1, 0.15) is 18.1 Å². The summed E-state index contributed by atoms with van der Waals surface area (Å²) in [4.78, 5) is 4.61. The van der Waals surface area contributed by atoms with Crippen molar-refractivity contribution >= 4 is 44.3 Å². The van der Waals surface area contributed by atoms with Crippen molar-refractivity contribution in [3.05, 3.63) is 70.1 Å². The number of benzene rings is 2. The predicted octanol–water partition coefficient (Wildman–Crippen LogP) is 4.37. The average molecular weight is 449 g/mol. The molecule has 152 valence electrons. The van der Waals surface area contributed by atoms with Gasteiger partial charge in [-0.05, 0) is 24.1 Å². The highest BCUT2D eigenvalue weighted by Gasteiger charge is 2.11. The Kier molecular flexibility index (Phi) is 7.02. The minimum Gasteiger partial charge on any atom is -0.242 e. The summed E-state index contributed by atoms with van der Waals surface area (Å²) in [6.07, 6.45) is 1.70. The van der Waals surface area contributed by atoms with Crippen LogP contribution in [0.15, 0.2) is 59.0 Å². The maximum Gasteiger partial charge on any atom is 0.211 e. The lowest BCUT2D eigenvalue weighted by molar-refractivity contribution is 0.582. The lowest BCUT2D eigenvalue weighted by Crippen LogP contribution is -2.25. The minimum atomic E-state index is -3.26. The summed E-state index contributed by atoms with van der Waals surface area (Å²) in [5.41, 5.74) is 3.35. The topological polar surface area (TPSA) is 74.7 Å². The maximum atomic E-state index is 11.7. The van der Waals surface area contributed by atoms with Crippen molar-refractivity contribution < 1.29 is 8.42 Å². The second-order valence-electron chi connectivity index (χ2n) is 6.19. The molecule has 2 aromatic carbocycles. The van der Waals surface area contributed by atoms with Gasteiger partial charge in [0.1, 0.15) is 0 Å². The normalized spacial score (nSPS) is 11.8. The third-order valence-electron chi connectivity index (χ3n) is 4.21. The molecule has 0 fully saturated rings. The molecule has 0 unspecified atom stereocenters. The number of hydrogen-bond donors (Lipinski definition) is 1. The van der Waals surface area contributed by atoms with Gasteiger partial charge in [-0.25, -0.2) is 23.1 Å². The Bertz CT molecular complexity index is 1110. The van der Waals surface area contributed by atoms with E-state index in [9.17, 15) is 8.42 Å².